The molecule has 16 nitrogen and oxygen atoms in total. The van der Waals surface area contributed by atoms with Crippen molar-refractivity contribution < 1.29 is 81.6 Å². The van der Waals surface area contributed by atoms with Crippen LogP contribution in [0.5, 0.6) is 17.2 Å². The number of hydrogen-bond acceptors (Lipinski definition) is 15. The Morgan fingerprint density at radius 3 is 1.05 bits per heavy atom. The molecule has 0 amide bonds. The average molecular weight is 1450 g/mol. The molecule has 0 fully saturated rings. The molecule has 0 unspecified atom stereocenters. The molecule has 0 aromatic heterocycles. The van der Waals surface area contributed by atoms with E-state index in [0.717, 1.165) is 75.8 Å². The molecule has 0 atom stereocenters. The van der Waals surface area contributed by atoms with Crippen LogP contribution in [0.4, 0.5) is 18.9 Å². The van der Waals surface area contributed by atoms with Gasteiger partial charge in [0.05, 0.1) is 31.9 Å². The van der Waals surface area contributed by atoms with Gasteiger partial charge in [-0.15, -0.1) is 0 Å². The topological polar surface area (TPSA) is 246 Å². The van der Waals surface area contributed by atoms with Gasteiger partial charge in [0.2, 0.25) is 0 Å². The van der Waals surface area contributed by atoms with Crippen LogP contribution in [0, 0.1) is 17.5 Å². The number of nitrogen functional groups attached to an aromatic ring is 1. The number of carbonyl (C=O) groups excluding carboxylic acids is 2. The number of carboxylic acid groups (broad SMARTS) is 1. The van der Waals surface area contributed by atoms with Gasteiger partial charge in [0.1, 0.15) is 45.9 Å². The van der Waals surface area contributed by atoms with Crippen molar-refractivity contribution in [1.82, 2.24) is 0 Å². The number of carbonyl (C=O) groups is 3. The molecule has 0 saturated carbocycles. The Balaban J connectivity index is 0.000000212. The van der Waals surface area contributed by atoms with E-state index in [0.29, 0.717) is 17.0 Å². The fraction of sp³-hybridized carbons (Fsp3) is 0.186. The summed E-state index contributed by atoms with van der Waals surface area (Å²) < 4.78 is 140. The Morgan fingerprint density at radius 1 is 0.417 bits per heavy atom. The van der Waals surface area contributed by atoms with Gasteiger partial charge in [0.25, 0.3) is 9.05 Å². The SMILES string of the molecule is CC(C)(C)OC(=O)COc1ccc(-c2ccccc2)cc1CS(=O)(=O)c1cc(F)cc(Cl)c1.CC(C)(C)OC(=O)COc1ccc(-c2ccccc2)cc1N.O=C(O)COc1ccc(-c2ccccc2)cc1CS(=O)(=O)c1cc(F)cc(Cl)c1.O=S(=O)(Cl)c1cc(F)cc(Cl)c1. The van der Waals surface area contributed by atoms with Crippen molar-refractivity contribution in [2.24, 2.45) is 0 Å². The third-order valence-electron chi connectivity index (χ3n) is 12.5. The second-order valence-electron chi connectivity index (χ2n) is 22.7. The van der Waals surface area contributed by atoms with Crippen molar-refractivity contribution in [3.63, 3.8) is 0 Å². The number of ether oxygens (including phenoxy) is 5. The molecule has 0 aliphatic carbocycles. The van der Waals surface area contributed by atoms with Crippen molar-refractivity contribution in [3.8, 4) is 50.6 Å². The highest BCUT2D eigenvalue weighted by Crippen LogP contribution is 2.34. The van der Waals surface area contributed by atoms with Crippen molar-refractivity contribution in [2.45, 2.75) is 78.9 Å². The zero-order valence-electron chi connectivity index (χ0n) is 52.2. The standard InChI is InChI=1S/C25H24ClFO5S.C21H16ClFO5S.C18H21NO3.C6H3Cl2FO2S/c1-25(2,3)32-24(28)15-31-23-10-9-18(17-7-5-4-6-8-17)11-19(23)16-33(29,30)22-13-20(26)12-21(27)14-22;22-17-9-18(23)11-19(10-17)29(26,27)13-16-8-15(14-4-2-1-3-5-14)6-7-20(16)28-12-21(24)25;1-18(2,3)22-17(20)12-21-16-10-9-14(11-15(16)19)13-7-5-4-6-8-13;7-4-1-5(9)3-6(2-4)12(8,10)11/h4-14H,15-16H2,1-3H3;1-11H,12-13H2,(H,24,25);4-11H,12,19H2,1-3H3;1-3H. The van der Waals surface area contributed by atoms with Gasteiger partial charge in [-0.25, -0.2) is 52.8 Å². The Hall–Kier alpha value is -8.61. The Kier molecular flexibility index (Phi) is 27.0. The van der Waals surface area contributed by atoms with E-state index >= 15 is 0 Å². The molecule has 9 aromatic rings. The number of benzene rings is 9. The van der Waals surface area contributed by atoms with Gasteiger partial charge in [-0.3, -0.25) is 0 Å². The van der Waals surface area contributed by atoms with E-state index in [1.54, 1.807) is 57.2 Å². The number of hydrogen-bond donors (Lipinski definition) is 2. The molecule has 9 rings (SSSR count). The third kappa shape index (κ3) is 25.2. The molecule has 0 spiro atoms. The summed E-state index contributed by atoms with van der Waals surface area (Å²) >= 11 is 17.0. The highest BCUT2D eigenvalue weighted by molar-refractivity contribution is 8.13. The molecule has 0 aliphatic heterocycles. The van der Waals surface area contributed by atoms with Gasteiger partial charge in [-0.05, 0) is 166 Å². The van der Waals surface area contributed by atoms with Crippen LogP contribution in [0.1, 0.15) is 52.7 Å². The minimum Gasteiger partial charge on any atom is -0.482 e. The predicted molar refractivity (Wildman–Crippen MR) is 365 cm³/mol. The molecule has 506 valence electrons. The van der Waals surface area contributed by atoms with E-state index in [1.807, 2.05) is 124 Å². The summed E-state index contributed by atoms with van der Waals surface area (Å²) in [7, 11) is -6.89. The smallest absolute Gasteiger partial charge is 0.344 e. The molecular weight excluding hydrogens is 1390 g/mol. The summed E-state index contributed by atoms with van der Waals surface area (Å²) in [5, 5.41) is 8.81. The number of esters is 2. The molecule has 0 heterocycles. The second kappa shape index (κ2) is 33.9. The molecule has 3 N–H and O–H groups in total. The summed E-state index contributed by atoms with van der Waals surface area (Å²) in [6, 6.07) is 53.1. The number of sulfone groups is 2. The number of carboxylic acids is 1. The van der Waals surface area contributed by atoms with Crippen LogP contribution in [0.25, 0.3) is 33.4 Å². The first kappa shape index (κ1) is 76.4. The molecule has 26 heteroatoms. The number of anilines is 1. The normalized spacial score (nSPS) is 11.4. The van der Waals surface area contributed by atoms with E-state index < -0.39 is 93.4 Å². The lowest BCUT2D eigenvalue weighted by Crippen LogP contribution is -2.27. The van der Waals surface area contributed by atoms with Crippen molar-refractivity contribution >= 4 is 97.8 Å². The highest BCUT2D eigenvalue weighted by atomic mass is 35.7. The van der Waals surface area contributed by atoms with E-state index in [9.17, 15) is 52.8 Å². The summed E-state index contributed by atoms with van der Waals surface area (Å²) in [6.07, 6.45) is 0. The summed E-state index contributed by atoms with van der Waals surface area (Å²) in [6.45, 7) is 9.48. The number of rotatable bonds is 19. The van der Waals surface area contributed by atoms with Gasteiger partial charge in [-0.2, -0.15) is 0 Å². The maximum Gasteiger partial charge on any atom is 0.344 e. The maximum absolute atomic E-state index is 13.8. The molecule has 0 saturated heterocycles. The largest absolute Gasteiger partial charge is 0.482 e. The first-order chi connectivity index (χ1) is 44.9. The minimum absolute atomic E-state index is 0.00535. The van der Waals surface area contributed by atoms with Crippen LogP contribution in [0.3, 0.4) is 0 Å². The predicted octanol–water partition coefficient (Wildman–Crippen LogP) is 16.5. The lowest BCUT2D eigenvalue weighted by molar-refractivity contribution is -0.158. The van der Waals surface area contributed by atoms with Crippen LogP contribution in [-0.4, -0.2) is 79.3 Å². The first-order valence-corrected chi connectivity index (χ1v) is 35.3. The quantitative estimate of drug-likeness (QED) is 0.0434. The Bertz CT molecular complexity index is 4500. The first-order valence-electron chi connectivity index (χ1n) is 28.6. The summed E-state index contributed by atoms with van der Waals surface area (Å²) in [5.74, 6) is -4.62. The van der Waals surface area contributed by atoms with Crippen molar-refractivity contribution in [1.29, 1.82) is 0 Å². The van der Waals surface area contributed by atoms with Gasteiger partial charge in [-0.1, -0.05) is 144 Å². The van der Waals surface area contributed by atoms with E-state index in [4.69, 9.17) is 80.0 Å². The van der Waals surface area contributed by atoms with Gasteiger partial charge in [0, 0.05) is 36.9 Å². The van der Waals surface area contributed by atoms with Crippen LogP contribution in [0.2, 0.25) is 15.1 Å². The molecule has 0 radical (unpaired) electrons. The summed E-state index contributed by atoms with van der Waals surface area (Å²) in [5.41, 5.74) is 11.2. The molecule has 96 heavy (non-hydrogen) atoms. The third-order valence-corrected chi connectivity index (χ3v) is 17.8. The fourth-order valence-corrected chi connectivity index (χ4v) is 13.0. The number of aliphatic carboxylic acids is 1. The van der Waals surface area contributed by atoms with Crippen LogP contribution >= 0.6 is 45.5 Å². The molecule has 9 aromatic carbocycles. The molecule has 0 bridgehead atoms. The van der Waals surface area contributed by atoms with E-state index in [1.165, 1.54) is 18.2 Å². The maximum atomic E-state index is 13.8. The lowest BCUT2D eigenvalue weighted by Gasteiger charge is -2.20. The second-order valence-corrected chi connectivity index (χ2v) is 30.6. The van der Waals surface area contributed by atoms with Crippen LogP contribution in [-0.2, 0) is 64.1 Å². The van der Waals surface area contributed by atoms with Crippen molar-refractivity contribution in [3.05, 3.63) is 244 Å². The summed E-state index contributed by atoms with van der Waals surface area (Å²) in [4.78, 5) is 33.7. The van der Waals surface area contributed by atoms with E-state index in [-0.39, 0.29) is 60.0 Å². The Labute approximate surface area is 574 Å². The van der Waals surface area contributed by atoms with Crippen molar-refractivity contribution in [2.75, 3.05) is 25.6 Å². The number of nitrogens with two attached hydrogens (primary N) is 1. The fourth-order valence-electron chi connectivity index (χ4n) is 8.59. The zero-order valence-corrected chi connectivity index (χ0v) is 57.7. The molecular formula is C70H64Cl4F3NO15S3. The minimum atomic E-state index is -3.97. The number of halogens is 7. The van der Waals surface area contributed by atoms with Gasteiger partial charge < -0.3 is 34.5 Å². The monoisotopic (exact) mass is 1450 g/mol. The Morgan fingerprint density at radius 2 is 0.729 bits per heavy atom. The van der Waals surface area contributed by atoms with Gasteiger partial charge in [0.15, 0.2) is 39.5 Å². The van der Waals surface area contributed by atoms with Crippen LogP contribution in [0.15, 0.2) is 215 Å². The zero-order chi connectivity index (χ0) is 70.8. The molecule has 0 aliphatic rings. The lowest BCUT2D eigenvalue weighted by atomic mass is 10.0. The highest BCUT2D eigenvalue weighted by Gasteiger charge is 2.25. The van der Waals surface area contributed by atoms with Gasteiger partial charge >= 0.3 is 17.9 Å². The van der Waals surface area contributed by atoms with Crippen LogP contribution < -0.4 is 19.9 Å². The van der Waals surface area contributed by atoms with E-state index in [2.05, 4.69) is 0 Å². The average Bonchev–Trinajstić information content (AvgIpc) is 0.840.